The Kier molecular flexibility index (Phi) is 25.8. The van der Waals surface area contributed by atoms with Gasteiger partial charge in [-0.3, -0.25) is 0 Å². The minimum atomic E-state index is 0.256. The van der Waals surface area contributed by atoms with Crippen molar-refractivity contribution in [2.24, 2.45) is 28.6 Å². The predicted octanol–water partition coefficient (Wildman–Crippen LogP) is 25.3. The monoisotopic (exact) mass is 1990 g/mol. The first-order chi connectivity index (χ1) is 72.3. The third-order valence-electron chi connectivity index (χ3n) is 32.8. The summed E-state index contributed by atoms with van der Waals surface area (Å²) in [7, 11) is 0. The molecule has 28 heteroatoms. The fourth-order valence-corrected chi connectivity index (χ4v) is 24.6. The van der Waals surface area contributed by atoms with Crippen molar-refractivity contribution in [3.05, 3.63) is 251 Å². The van der Waals surface area contributed by atoms with Gasteiger partial charge < -0.3 is 133 Å². The van der Waals surface area contributed by atoms with E-state index in [1.807, 2.05) is 103 Å². The molecule has 12 aliphatic heterocycles. The second-order valence-electron chi connectivity index (χ2n) is 40.9. The van der Waals surface area contributed by atoms with Gasteiger partial charge in [0.25, 0.3) is 0 Å². The average Bonchev–Trinajstić information content (AvgIpc) is 1.54. The minimum absolute atomic E-state index is 0.256. The molecule has 5 unspecified atom stereocenters. The molecule has 28 nitrogen and oxygen atoms in total. The molecule has 0 amide bonds. The van der Waals surface area contributed by atoms with Crippen LogP contribution in [0.2, 0.25) is 0 Å². The Morgan fingerprint density at radius 2 is 0.503 bits per heavy atom. The Hall–Kier alpha value is -15.0. The summed E-state index contributed by atoms with van der Waals surface area (Å²) in [4.78, 5) is 0. The van der Waals surface area contributed by atoms with E-state index < -0.39 is 0 Å². The summed E-state index contributed by atoms with van der Waals surface area (Å²) < 4.78 is 154. The summed E-state index contributed by atoms with van der Waals surface area (Å²) in [5.74, 6) is 29.3. The lowest BCUT2D eigenvalue weighted by atomic mass is 9.65. The van der Waals surface area contributed by atoms with Gasteiger partial charge in [0, 0.05) is 36.2 Å². The molecule has 0 saturated heterocycles. The maximum Gasteiger partial charge on any atom is 0.231 e. The second kappa shape index (κ2) is 40.8. The van der Waals surface area contributed by atoms with Crippen LogP contribution in [0, 0.1) is 28.6 Å². The Labute approximate surface area is 852 Å². The van der Waals surface area contributed by atoms with Crippen LogP contribution in [-0.4, -0.2) is 108 Å². The lowest BCUT2D eigenvalue weighted by Crippen LogP contribution is -2.31. The molecule has 12 aromatic carbocycles. The molecule has 30 rings (SSSR count). The molecule has 6 fully saturated rings. The van der Waals surface area contributed by atoms with Crippen molar-refractivity contribution in [3.8, 4) is 172 Å². The summed E-state index contributed by atoms with van der Waals surface area (Å²) >= 11 is 0. The van der Waals surface area contributed by atoms with Gasteiger partial charge in [0.2, 0.25) is 81.5 Å². The maximum absolute atomic E-state index is 5.85. The lowest BCUT2D eigenvalue weighted by Gasteiger charge is -2.39. The number of ether oxygens (including phenoxy) is 28. The van der Waals surface area contributed by atoms with E-state index >= 15 is 0 Å². The highest BCUT2D eigenvalue weighted by atomic mass is 16.7. The molecular formula is C119H118O28. The topological polar surface area (TPSA) is 258 Å². The van der Waals surface area contributed by atoms with E-state index in [1.165, 1.54) is 135 Å². The first-order valence-corrected chi connectivity index (χ1v) is 51.6. The summed E-state index contributed by atoms with van der Waals surface area (Å²) in [6.45, 7) is 13.1. The van der Waals surface area contributed by atoms with Crippen LogP contribution in [0.25, 0.3) is 11.1 Å². The molecule has 12 aromatic rings. The molecule has 12 heterocycles. The van der Waals surface area contributed by atoms with Crippen LogP contribution < -0.4 is 133 Å². The Morgan fingerprint density at radius 3 is 0.837 bits per heavy atom. The first-order valence-electron chi connectivity index (χ1n) is 51.6. The van der Waals surface area contributed by atoms with Gasteiger partial charge in [0.15, 0.2) is 138 Å². The third-order valence-corrected chi connectivity index (χ3v) is 32.8. The van der Waals surface area contributed by atoms with Gasteiger partial charge in [-0.05, 0) is 344 Å². The van der Waals surface area contributed by atoms with Gasteiger partial charge in [-0.1, -0.05) is 76.1 Å². The summed E-state index contributed by atoms with van der Waals surface area (Å²) in [6.07, 6.45) is 19.7. The highest BCUT2D eigenvalue weighted by molar-refractivity contribution is 5.78. The van der Waals surface area contributed by atoms with E-state index in [9.17, 15) is 0 Å². The van der Waals surface area contributed by atoms with E-state index in [2.05, 4.69) is 130 Å². The number of hydrogen-bond acceptors (Lipinski definition) is 28. The SMILES string of the molecule is CC1(C)C2CCC1(C)C(c1cc3c(c(-c4ccc5c(c4)OCO5)c1)OCO3)C2.c1cc2c(cc1C1CC3CC(c4ccc5c(c4)OCO5)CC3C1)OCO2.c1cc2c(cc1C1CCC(c3ccc4c(c3)OCO4)CC1)OCO2.c1cc2c(cc1C1CCCCC1c1ccc3c(c1)OCO3)OCO2.c1cc2c(cc1OCCCOc1ccc3c(c1)OCO3)OCO2.c1cc2c(cc1OCCOc1ccc3c(c1)OCO3)OCO2. The van der Waals surface area contributed by atoms with Crippen LogP contribution in [0.15, 0.2) is 212 Å². The Bertz CT molecular complexity index is 6500. The number of rotatable bonds is 19. The molecule has 6 aliphatic carbocycles. The van der Waals surface area contributed by atoms with Gasteiger partial charge in [-0.15, -0.1) is 0 Å². The molecular weight excluding hydrogens is 1880 g/mol. The molecule has 0 N–H and O–H groups in total. The van der Waals surface area contributed by atoms with Crippen LogP contribution in [-0.2, 0) is 0 Å². The van der Waals surface area contributed by atoms with E-state index in [0.29, 0.717) is 131 Å². The zero-order chi connectivity index (χ0) is 98.3. The van der Waals surface area contributed by atoms with E-state index in [-0.39, 0.29) is 40.8 Å². The van der Waals surface area contributed by atoms with Crippen molar-refractivity contribution in [1.82, 2.24) is 0 Å². The van der Waals surface area contributed by atoms with Gasteiger partial charge >= 0.3 is 0 Å². The highest BCUT2D eigenvalue weighted by Gasteiger charge is 2.62. The van der Waals surface area contributed by atoms with Crippen molar-refractivity contribution in [3.63, 3.8) is 0 Å². The van der Waals surface area contributed by atoms with Gasteiger partial charge in [0.1, 0.15) is 36.2 Å². The second-order valence-corrected chi connectivity index (χ2v) is 40.9. The number of fused-ring (bicyclic) bond motifs is 15. The van der Waals surface area contributed by atoms with E-state index in [1.54, 1.807) is 0 Å². The molecule has 0 radical (unpaired) electrons. The van der Waals surface area contributed by atoms with Gasteiger partial charge in [-0.2, -0.15) is 0 Å². The molecule has 762 valence electrons. The van der Waals surface area contributed by atoms with Gasteiger partial charge in [-0.25, -0.2) is 0 Å². The van der Waals surface area contributed by atoms with Crippen molar-refractivity contribution in [2.75, 3.05) is 108 Å². The zero-order valence-corrected chi connectivity index (χ0v) is 82.5. The summed E-state index contributed by atoms with van der Waals surface area (Å²) in [5, 5.41) is 0. The summed E-state index contributed by atoms with van der Waals surface area (Å²) in [5.41, 5.74) is 12.6. The summed E-state index contributed by atoms with van der Waals surface area (Å²) in [6, 6.07) is 71.3. The quantitative estimate of drug-likeness (QED) is 0.0681. The van der Waals surface area contributed by atoms with Crippen LogP contribution in [0.5, 0.6) is 161 Å². The molecule has 0 aromatic heterocycles. The van der Waals surface area contributed by atoms with Crippen molar-refractivity contribution in [1.29, 1.82) is 0 Å². The smallest absolute Gasteiger partial charge is 0.231 e. The average molecular weight is 2000 g/mol. The first kappa shape index (κ1) is 93.1. The standard InChI is InChI=1S/C24H26O4.C22H22O4.2C20H20O4.C17H16O6.C16H14O6/c1-23(2)16-6-7-24(23,3)18(11-16)15-8-17(22-21(10-15)27-13-28-22)14-4-5-19-20(9-14)26-12-25-19;1-3-19-21(25-11-23-19)9-13(1)15-5-17-7-16(8-18(17)6-15)14-2-4-20-22(10-14)26-12-24-20;1-2-14(16-6-8-18-20(10-16)24-12-22-18)4-3-13(1)15-5-7-17-19(9-15)23-11-21-17;1-2-4-16(14-6-8-18-20(10-14)24-12-22-18)15(3-1)13-5-7-17-19(9-13)23-11-21-17;1(6-18-12-2-4-14-16(8-12)22-10-20-14)7-19-13-3-5-15-17(9-13)23-11-21-15;1-3-13-15(21-9-19-13)7-11(1)17-5-6-18-12-2-4-14-16(8-12)22-10-20-14/h4-5,8-10,16,18H,6-7,11-13H2,1-3H3;1-4,9-10,15-18H,5-8,11-12H2;5-10,13-14H,1-4,11-12H2;5-10,15-16H,1-4,11-12H2;2-5,8-9H,1,6-7,10-11H2;1-4,7-8H,5-6,9-10H2. The lowest BCUT2D eigenvalue weighted by molar-refractivity contribution is 0.134. The molecule has 5 atom stereocenters. The fraction of sp³-hybridized carbons (Fsp3) is 0.395. The van der Waals surface area contributed by atoms with E-state index in [0.717, 1.165) is 185 Å². The molecule has 6 saturated carbocycles. The van der Waals surface area contributed by atoms with Crippen molar-refractivity contribution in [2.45, 2.75) is 165 Å². The van der Waals surface area contributed by atoms with Crippen LogP contribution in [0.1, 0.15) is 204 Å². The van der Waals surface area contributed by atoms with Crippen LogP contribution in [0.3, 0.4) is 0 Å². The van der Waals surface area contributed by atoms with Gasteiger partial charge in [0.05, 0.1) is 13.2 Å². The fourth-order valence-electron chi connectivity index (χ4n) is 24.6. The Morgan fingerprint density at radius 1 is 0.231 bits per heavy atom. The Balaban J connectivity index is 0.0000000920. The van der Waals surface area contributed by atoms with Crippen molar-refractivity contribution < 1.29 is 133 Å². The minimum Gasteiger partial charge on any atom is -0.493 e. The largest absolute Gasteiger partial charge is 0.493 e. The van der Waals surface area contributed by atoms with Crippen molar-refractivity contribution >= 4 is 0 Å². The van der Waals surface area contributed by atoms with E-state index in [4.69, 9.17) is 133 Å². The molecule has 18 aliphatic rings. The number of benzene rings is 12. The third kappa shape index (κ3) is 19.4. The predicted molar refractivity (Wildman–Crippen MR) is 537 cm³/mol. The number of hydrogen-bond donors (Lipinski definition) is 0. The normalized spacial score (nSPS) is 23.4. The maximum atomic E-state index is 5.85. The highest BCUT2D eigenvalue weighted by Crippen LogP contribution is 2.72. The van der Waals surface area contributed by atoms with Crippen LogP contribution in [0.4, 0.5) is 0 Å². The molecule has 2 bridgehead atoms. The zero-order valence-electron chi connectivity index (χ0n) is 82.5. The molecule has 0 spiro atoms. The van der Waals surface area contributed by atoms with Crippen LogP contribution >= 0.6 is 0 Å². The molecule has 147 heavy (non-hydrogen) atoms.